The van der Waals surface area contributed by atoms with Crippen LogP contribution >= 0.6 is 39.1 Å². The van der Waals surface area contributed by atoms with Gasteiger partial charge < -0.3 is 9.47 Å². The van der Waals surface area contributed by atoms with Crippen molar-refractivity contribution in [3.8, 4) is 11.5 Å². The Balaban J connectivity index is 1.36. The molecule has 1 N–H and O–H groups in total. The van der Waals surface area contributed by atoms with Gasteiger partial charge in [0.1, 0.15) is 18.1 Å². The Labute approximate surface area is 232 Å². The van der Waals surface area contributed by atoms with Crippen LogP contribution in [0, 0.1) is 0 Å². The Morgan fingerprint density at radius 2 is 1.46 bits per heavy atom. The second-order valence-electron chi connectivity index (χ2n) is 7.72. The fourth-order valence-corrected chi connectivity index (χ4v) is 3.76. The highest BCUT2D eigenvalue weighted by molar-refractivity contribution is 9.10. The molecule has 4 aromatic carbocycles. The molecule has 4 rings (SSSR count). The quantitative estimate of drug-likeness (QED) is 0.0999. The minimum Gasteiger partial charge on any atom is -0.489 e. The van der Waals surface area contributed by atoms with Crippen LogP contribution in [0.1, 0.15) is 31.8 Å². The predicted octanol–water partition coefficient (Wildman–Crippen LogP) is 7.32. The fraction of sp³-hybridized carbons (Fsp3) is 0.0357. The average molecular weight is 598 g/mol. The van der Waals surface area contributed by atoms with Gasteiger partial charge in [0.05, 0.1) is 11.8 Å². The maximum absolute atomic E-state index is 12.5. The highest BCUT2D eigenvalue weighted by Crippen LogP contribution is 2.23. The number of rotatable bonds is 8. The number of nitrogens with one attached hydrogen (secondary N) is 1. The highest BCUT2D eigenvalue weighted by atomic mass is 79.9. The predicted molar refractivity (Wildman–Crippen MR) is 148 cm³/mol. The third-order valence-corrected chi connectivity index (χ3v) is 6.06. The Kier molecular flexibility index (Phi) is 8.95. The SMILES string of the molecule is O=C(N/N=C/c1cc(Br)ccc1OC(=O)c1ccc(Cl)cc1)c1ccc(OCc2ccc(Cl)cc2)cc1. The number of carbonyl (C=O) groups is 2. The van der Waals surface area contributed by atoms with Gasteiger partial charge >= 0.3 is 5.97 Å². The van der Waals surface area contributed by atoms with Gasteiger partial charge in [-0.3, -0.25) is 4.79 Å². The lowest BCUT2D eigenvalue weighted by Crippen LogP contribution is -2.17. The summed E-state index contributed by atoms with van der Waals surface area (Å²) < 4.78 is 12.0. The van der Waals surface area contributed by atoms with E-state index in [-0.39, 0.29) is 5.75 Å². The van der Waals surface area contributed by atoms with Gasteiger partial charge in [-0.25, -0.2) is 10.2 Å². The molecule has 0 saturated carbocycles. The second kappa shape index (κ2) is 12.5. The lowest BCUT2D eigenvalue weighted by molar-refractivity contribution is 0.0734. The van der Waals surface area contributed by atoms with Crippen molar-refractivity contribution in [1.29, 1.82) is 0 Å². The molecule has 0 atom stereocenters. The van der Waals surface area contributed by atoms with Gasteiger partial charge in [-0.2, -0.15) is 5.10 Å². The summed E-state index contributed by atoms with van der Waals surface area (Å²) >= 11 is 15.2. The first-order valence-electron chi connectivity index (χ1n) is 11.0. The van der Waals surface area contributed by atoms with E-state index in [1.165, 1.54) is 6.21 Å². The third kappa shape index (κ3) is 7.67. The number of nitrogens with zero attached hydrogens (tertiary/aromatic N) is 1. The fourth-order valence-electron chi connectivity index (χ4n) is 3.13. The molecule has 186 valence electrons. The van der Waals surface area contributed by atoms with Crippen LogP contribution in [0.5, 0.6) is 11.5 Å². The molecule has 0 aliphatic carbocycles. The second-order valence-corrected chi connectivity index (χ2v) is 9.51. The van der Waals surface area contributed by atoms with Crippen molar-refractivity contribution in [1.82, 2.24) is 5.43 Å². The first-order chi connectivity index (χ1) is 17.9. The Bertz CT molecular complexity index is 1420. The normalized spacial score (nSPS) is 10.8. The summed E-state index contributed by atoms with van der Waals surface area (Å²) in [4.78, 5) is 25.0. The molecule has 0 aliphatic rings. The molecule has 0 aromatic heterocycles. The maximum Gasteiger partial charge on any atom is 0.343 e. The number of amides is 1. The van der Waals surface area contributed by atoms with Crippen LogP contribution in [0.25, 0.3) is 0 Å². The van der Waals surface area contributed by atoms with E-state index >= 15 is 0 Å². The monoisotopic (exact) mass is 596 g/mol. The molecule has 0 radical (unpaired) electrons. The van der Waals surface area contributed by atoms with Crippen LogP contribution < -0.4 is 14.9 Å². The number of hydrazone groups is 1. The number of ether oxygens (including phenoxy) is 2. The summed E-state index contributed by atoms with van der Waals surface area (Å²) in [6.07, 6.45) is 1.40. The molecular formula is C28H19BrCl2N2O4. The summed E-state index contributed by atoms with van der Waals surface area (Å²) in [5.74, 6) is -0.0501. The largest absolute Gasteiger partial charge is 0.489 e. The Morgan fingerprint density at radius 1 is 0.838 bits per heavy atom. The van der Waals surface area contributed by atoms with E-state index in [0.29, 0.717) is 39.1 Å². The highest BCUT2D eigenvalue weighted by Gasteiger charge is 2.12. The Hall–Kier alpha value is -3.65. The average Bonchev–Trinajstić information content (AvgIpc) is 2.90. The van der Waals surface area contributed by atoms with Gasteiger partial charge in [-0.15, -0.1) is 0 Å². The molecule has 0 unspecified atom stereocenters. The third-order valence-electron chi connectivity index (χ3n) is 5.06. The van der Waals surface area contributed by atoms with E-state index in [1.807, 2.05) is 12.1 Å². The van der Waals surface area contributed by atoms with Crippen molar-refractivity contribution in [2.45, 2.75) is 6.61 Å². The van der Waals surface area contributed by atoms with Crippen LogP contribution in [0.4, 0.5) is 0 Å². The maximum atomic E-state index is 12.5. The Morgan fingerprint density at radius 3 is 2.14 bits per heavy atom. The summed E-state index contributed by atoms with van der Waals surface area (Å²) in [7, 11) is 0. The van der Waals surface area contributed by atoms with Crippen LogP contribution in [0.2, 0.25) is 10.0 Å². The summed E-state index contributed by atoms with van der Waals surface area (Å²) in [5.41, 5.74) is 4.70. The molecule has 0 spiro atoms. The number of halogens is 3. The van der Waals surface area contributed by atoms with Gasteiger partial charge in [-0.05, 0) is 84.4 Å². The van der Waals surface area contributed by atoms with Gasteiger partial charge in [0, 0.05) is 25.6 Å². The van der Waals surface area contributed by atoms with E-state index in [1.54, 1.807) is 78.9 Å². The van der Waals surface area contributed by atoms with E-state index < -0.39 is 11.9 Å². The number of esters is 1. The van der Waals surface area contributed by atoms with Crippen LogP contribution in [-0.4, -0.2) is 18.1 Å². The standard InChI is InChI=1S/C28H19BrCl2N2O4/c29-22-7-14-26(37-28(35)20-3-10-24(31)11-4-20)21(15-22)16-32-33-27(34)19-5-12-25(13-6-19)36-17-18-1-8-23(30)9-2-18/h1-16H,17H2,(H,33,34)/b32-16+. The molecular weight excluding hydrogens is 579 g/mol. The molecule has 9 heteroatoms. The number of hydrogen-bond donors (Lipinski definition) is 1. The van der Waals surface area contributed by atoms with Crippen molar-refractivity contribution >= 4 is 57.2 Å². The van der Waals surface area contributed by atoms with E-state index in [4.69, 9.17) is 32.7 Å². The van der Waals surface area contributed by atoms with Crippen molar-refractivity contribution in [2.24, 2.45) is 5.10 Å². The smallest absolute Gasteiger partial charge is 0.343 e. The minimum atomic E-state index is -0.545. The first-order valence-corrected chi connectivity index (χ1v) is 12.5. The molecule has 0 saturated heterocycles. The lowest BCUT2D eigenvalue weighted by atomic mass is 10.2. The van der Waals surface area contributed by atoms with Crippen LogP contribution in [0.3, 0.4) is 0 Å². The summed E-state index contributed by atoms with van der Waals surface area (Å²) in [6.45, 7) is 0.380. The molecule has 6 nitrogen and oxygen atoms in total. The van der Waals surface area contributed by atoms with E-state index in [2.05, 4.69) is 26.5 Å². The summed E-state index contributed by atoms with van der Waals surface area (Å²) in [6, 6.07) is 25.5. The van der Waals surface area contributed by atoms with Crippen LogP contribution in [0.15, 0.2) is 101 Å². The molecule has 4 aromatic rings. The molecule has 1 amide bonds. The van der Waals surface area contributed by atoms with Crippen molar-refractivity contribution < 1.29 is 19.1 Å². The van der Waals surface area contributed by atoms with Crippen LogP contribution in [-0.2, 0) is 6.61 Å². The number of hydrogen-bond acceptors (Lipinski definition) is 5. The summed E-state index contributed by atoms with van der Waals surface area (Å²) in [5, 5.41) is 5.20. The minimum absolute atomic E-state index is 0.281. The van der Waals surface area contributed by atoms with Crippen molar-refractivity contribution in [2.75, 3.05) is 0 Å². The number of benzene rings is 4. The van der Waals surface area contributed by atoms with Gasteiger partial charge in [0.15, 0.2) is 0 Å². The zero-order valence-corrected chi connectivity index (χ0v) is 22.3. The van der Waals surface area contributed by atoms with Crippen molar-refractivity contribution in [3.05, 3.63) is 128 Å². The van der Waals surface area contributed by atoms with E-state index in [0.717, 1.165) is 10.0 Å². The molecule has 0 bridgehead atoms. The molecule has 37 heavy (non-hydrogen) atoms. The van der Waals surface area contributed by atoms with Gasteiger partial charge in [0.2, 0.25) is 0 Å². The topological polar surface area (TPSA) is 77.0 Å². The van der Waals surface area contributed by atoms with Crippen molar-refractivity contribution in [3.63, 3.8) is 0 Å². The lowest BCUT2D eigenvalue weighted by Gasteiger charge is -2.08. The van der Waals surface area contributed by atoms with E-state index in [9.17, 15) is 9.59 Å². The number of carbonyl (C=O) groups excluding carboxylic acids is 2. The molecule has 0 heterocycles. The zero-order chi connectivity index (χ0) is 26.2. The zero-order valence-electron chi connectivity index (χ0n) is 19.2. The molecule has 0 aliphatic heterocycles. The van der Waals surface area contributed by atoms with Gasteiger partial charge in [-0.1, -0.05) is 51.3 Å². The van der Waals surface area contributed by atoms with Gasteiger partial charge in [0.25, 0.3) is 5.91 Å². The molecule has 0 fully saturated rings. The first kappa shape index (κ1) is 26.4.